The Hall–Kier alpha value is -2.88. The maximum absolute atomic E-state index is 13.5. The van der Waals surface area contributed by atoms with E-state index in [2.05, 4.69) is 37.0 Å². The van der Waals surface area contributed by atoms with Crippen LogP contribution in [0.15, 0.2) is 47.3 Å². The van der Waals surface area contributed by atoms with Crippen LogP contribution in [-0.2, 0) is 11.3 Å². The molecule has 0 spiro atoms. The van der Waals surface area contributed by atoms with Gasteiger partial charge in [0.15, 0.2) is 0 Å². The number of nitrogens with zero attached hydrogens (tertiary/aromatic N) is 1. The van der Waals surface area contributed by atoms with Gasteiger partial charge in [0.1, 0.15) is 0 Å². The SMILES string of the molecule is Cc1ccc2[nH]c(=O)c(CN(C(=O)C3CCCCC3)c3ccc(C)c(C)c3)cc2c1. The van der Waals surface area contributed by atoms with E-state index >= 15 is 0 Å². The summed E-state index contributed by atoms with van der Waals surface area (Å²) in [7, 11) is 0. The topological polar surface area (TPSA) is 53.2 Å². The number of aromatic amines is 1. The number of H-pyrrole nitrogens is 1. The summed E-state index contributed by atoms with van der Waals surface area (Å²) in [6.07, 6.45) is 5.29. The number of carbonyl (C=O) groups excluding carboxylic acids is 1. The molecule has 4 nitrogen and oxygen atoms in total. The Bertz CT molecular complexity index is 1140. The van der Waals surface area contributed by atoms with Crippen molar-refractivity contribution in [2.24, 2.45) is 5.92 Å². The Morgan fingerprint density at radius 3 is 2.47 bits per heavy atom. The number of rotatable bonds is 4. The minimum Gasteiger partial charge on any atom is -0.322 e. The third kappa shape index (κ3) is 4.18. The van der Waals surface area contributed by atoms with Crippen molar-refractivity contribution in [2.45, 2.75) is 59.4 Å². The number of aryl methyl sites for hydroxylation is 3. The molecule has 0 radical (unpaired) electrons. The number of anilines is 1. The van der Waals surface area contributed by atoms with Gasteiger partial charge in [-0.3, -0.25) is 9.59 Å². The summed E-state index contributed by atoms with van der Waals surface area (Å²) < 4.78 is 0. The summed E-state index contributed by atoms with van der Waals surface area (Å²) in [5.41, 5.74) is 5.68. The van der Waals surface area contributed by atoms with Gasteiger partial charge in [0, 0.05) is 22.7 Å². The molecule has 1 saturated carbocycles. The predicted molar refractivity (Wildman–Crippen MR) is 123 cm³/mol. The number of aromatic nitrogens is 1. The Balaban J connectivity index is 1.74. The van der Waals surface area contributed by atoms with Crippen LogP contribution in [0.3, 0.4) is 0 Å². The number of amides is 1. The first kappa shape index (κ1) is 20.4. The van der Waals surface area contributed by atoms with Crippen molar-refractivity contribution in [3.63, 3.8) is 0 Å². The highest BCUT2D eigenvalue weighted by Gasteiger charge is 2.28. The van der Waals surface area contributed by atoms with E-state index < -0.39 is 0 Å². The van der Waals surface area contributed by atoms with E-state index in [0.29, 0.717) is 5.56 Å². The fraction of sp³-hybridized carbons (Fsp3) is 0.385. The summed E-state index contributed by atoms with van der Waals surface area (Å²) in [5.74, 6) is 0.184. The van der Waals surface area contributed by atoms with E-state index in [1.165, 1.54) is 12.0 Å². The summed E-state index contributed by atoms with van der Waals surface area (Å²) in [4.78, 5) is 31.2. The van der Waals surface area contributed by atoms with Gasteiger partial charge in [-0.15, -0.1) is 0 Å². The smallest absolute Gasteiger partial charge is 0.253 e. The van der Waals surface area contributed by atoms with Crippen LogP contribution >= 0.6 is 0 Å². The van der Waals surface area contributed by atoms with Crippen molar-refractivity contribution >= 4 is 22.5 Å². The van der Waals surface area contributed by atoms with Crippen LogP contribution in [0.2, 0.25) is 0 Å². The monoisotopic (exact) mass is 402 g/mol. The van der Waals surface area contributed by atoms with Gasteiger partial charge in [-0.05, 0) is 80.5 Å². The minimum atomic E-state index is -0.128. The number of hydrogen-bond acceptors (Lipinski definition) is 2. The van der Waals surface area contributed by atoms with Gasteiger partial charge in [0.2, 0.25) is 5.91 Å². The predicted octanol–water partition coefficient (Wildman–Crippen LogP) is 5.57. The standard InChI is InChI=1S/C26H30N2O2/c1-17-9-12-24-21(13-17)15-22(25(29)27-24)16-28(23-11-10-18(2)19(3)14-23)26(30)20-7-5-4-6-8-20/h9-15,20H,4-8,16H2,1-3H3,(H,27,29). The molecule has 0 saturated heterocycles. The lowest BCUT2D eigenvalue weighted by molar-refractivity contribution is -0.123. The van der Waals surface area contributed by atoms with E-state index in [-0.39, 0.29) is 23.9 Å². The molecule has 1 heterocycles. The van der Waals surface area contributed by atoms with Crippen LogP contribution < -0.4 is 10.5 Å². The van der Waals surface area contributed by atoms with Crippen LogP contribution in [0.5, 0.6) is 0 Å². The Morgan fingerprint density at radius 2 is 1.73 bits per heavy atom. The molecule has 0 atom stereocenters. The molecule has 1 aliphatic rings. The van der Waals surface area contributed by atoms with Crippen molar-refractivity contribution in [2.75, 3.05) is 4.90 Å². The molecule has 4 rings (SSSR count). The number of pyridine rings is 1. The number of nitrogens with one attached hydrogen (secondary N) is 1. The molecule has 30 heavy (non-hydrogen) atoms. The van der Waals surface area contributed by atoms with Crippen molar-refractivity contribution in [1.82, 2.24) is 4.98 Å². The van der Waals surface area contributed by atoms with Gasteiger partial charge in [-0.2, -0.15) is 0 Å². The van der Waals surface area contributed by atoms with Gasteiger partial charge >= 0.3 is 0 Å². The molecule has 1 aliphatic carbocycles. The molecular weight excluding hydrogens is 372 g/mol. The van der Waals surface area contributed by atoms with Crippen LogP contribution in [0.4, 0.5) is 5.69 Å². The van der Waals surface area contributed by atoms with Gasteiger partial charge < -0.3 is 9.88 Å². The first-order chi connectivity index (χ1) is 14.4. The first-order valence-corrected chi connectivity index (χ1v) is 10.9. The molecule has 1 amide bonds. The number of fused-ring (bicyclic) bond motifs is 1. The summed E-state index contributed by atoms with van der Waals surface area (Å²) in [5, 5.41) is 0.995. The fourth-order valence-electron chi connectivity index (χ4n) is 4.42. The van der Waals surface area contributed by atoms with E-state index in [1.54, 1.807) is 0 Å². The molecule has 1 aromatic heterocycles. The number of hydrogen-bond donors (Lipinski definition) is 1. The summed E-state index contributed by atoms with van der Waals surface area (Å²) in [6, 6.07) is 14.1. The quantitative estimate of drug-likeness (QED) is 0.620. The van der Waals surface area contributed by atoms with E-state index in [0.717, 1.165) is 53.4 Å². The molecule has 2 aromatic carbocycles. The lowest BCUT2D eigenvalue weighted by Gasteiger charge is -2.30. The van der Waals surface area contributed by atoms with Gasteiger partial charge in [-0.25, -0.2) is 0 Å². The zero-order valence-corrected chi connectivity index (χ0v) is 18.1. The third-order valence-corrected chi connectivity index (χ3v) is 6.43. The van der Waals surface area contributed by atoms with E-state index in [9.17, 15) is 9.59 Å². The molecular formula is C26H30N2O2. The highest BCUT2D eigenvalue weighted by Crippen LogP contribution is 2.29. The molecule has 0 bridgehead atoms. The van der Waals surface area contributed by atoms with Crippen LogP contribution in [-0.4, -0.2) is 10.9 Å². The lowest BCUT2D eigenvalue weighted by Crippen LogP contribution is -2.38. The Morgan fingerprint density at radius 1 is 0.967 bits per heavy atom. The largest absolute Gasteiger partial charge is 0.322 e. The summed E-state index contributed by atoms with van der Waals surface area (Å²) in [6.45, 7) is 6.46. The Labute approximate surface area is 177 Å². The van der Waals surface area contributed by atoms with Crippen molar-refractivity contribution < 1.29 is 4.79 Å². The third-order valence-electron chi connectivity index (χ3n) is 6.43. The summed E-state index contributed by atoms with van der Waals surface area (Å²) >= 11 is 0. The molecule has 156 valence electrons. The lowest BCUT2D eigenvalue weighted by atomic mass is 9.88. The number of carbonyl (C=O) groups is 1. The fourth-order valence-corrected chi connectivity index (χ4v) is 4.42. The zero-order chi connectivity index (χ0) is 21.3. The molecule has 3 aromatic rings. The van der Waals surface area contributed by atoms with Crippen LogP contribution in [0.1, 0.15) is 54.4 Å². The molecule has 1 N–H and O–H groups in total. The zero-order valence-electron chi connectivity index (χ0n) is 18.1. The minimum absolute atomic E-state index is 0.0436. The van der Waals surface area contributed by atoms with Gasteiger partial charge in [-0.1, -0.05) is 37.0 Å². The Kier molecular flexibility index (Phi) is 5.76. The second kappa shape index (κ2) is 8.47. The average molecular weight is 403 g/mol. The maximum atomic E-state index is 13.5. The molecule has 1 fully saturated rings. The molecule has 0 aliphatic heterocycles. The number of benzene rings is 2. The highest BCUT2D eigenvalue weighted by molar-refractivity contribution is 5.95. The highest BCUT2D eigenvalue weighted by atomic mass is 16.2. The second-order valence-corrected chi connectivity index (χ2v) is 8.74. The first-order valence-electron chi connectivity index (χ1n) is 10.9. The van der Waals surface area contributed by atoms with Gasteiger partial charge in [0.25, 0.3) is 5.56 Å². The van der Waals surface area contributed by atoms with Gasteiger partial charge in [0.05, 0.1) is 6.54 Å². The average Bonchev–Trinajstić information content (AvgIpc) is 2.74. The van der Waals surface area contributed by atoms with E-state index in [4.69, 9.17) is 0 Å². The van der Waals surface area contributed by atoms with Crippen molar-refractivity contribution in [1.29, 1.82) is 0 Å². The van der Waals surface area contributed by atoms with Crippen molar-refractivity contribution in [3.05, 3.63) is 75.1 Å². The van der Waals surface area contributed by atoms with E-state index in [1.807, 2.05) is 36.1 Å². The normalized spacial score (nSPS) is 14.8. The van der Waals surface area contributed by atoms with Crippen molar-refractivity contribution in [3.8, 4) is 0 Å². The maximum Gasteiger partial charge on any atom is 0.253 e. The molecule has 4 heteroatoms. The van der Waals surface area contributed by atoms with Crippen LogP contribution in [0.25, 0.3) is 10.9 Å². The molecule has 0 unspecified atom stereocenters. The second-order valence-electron chi connectivity index (χ2n) is 8.74. The van der Waals surface area contributed by atoms with Crippen LogP contribution in [0, 0.1) is 26.7 Å².